The molecule has 0 unspecified atom stereocenters. The van der Waals surface area contributed by atoms with Crippen LogP contribution >= 0.6 is 11.3 Å². The molecule has 170 valence electrons. The molecule has 4 rings (SSSR count). The number of hydrogen-bond donors (Lipinski definition) is 0. The summed E-state index contributed by atoms with van der Waals surface area (Å²) in [5, 5.41) is 0.0954. The normalized spacial score (nSPS) is 11.8. The third-order valence-electron chi connectivity index (χ3n) is 5.64. The van der Waals surface area contributed by atoms with Crippen molar-refractivity contribution in [2.75, 3.05) is 4.90 Å². The summed E-state index contributed by atoms with van der Waals surface area (Å²) in [7, 11) is -3.40. The molecule has 0 aliphatic rings. The van der Waals surface area contributed by atoms with Crippen molar-refractivity contribution in [2.45, 2.75) is 44.4 Å². The van der Waals surface area contributed by atoms with Crippen molar-refractivity contribution < 1.29 is 13.2 Å². The van der Waals surface area contributed by atoms with Crippen molar-refractivity contribution in [1.82, 2.24) is 4.98 Å². The van der Waals surface area contributed by atoms with Crippen molar-refractivity contribution in [2.24, 2.45) is 0 Å². The molecule has 0 N–H and O–H groups in total. The molecule has 0 saturated carbocycles. The number of aromatic nitrogens is 1. The minimum atomic E-state index is -3.40. The minimum Gasteiger partial charge on any atom is -0.279 e. The molecular formula is C26H26N2O3S2. The molecule has 0 bridgehead atoms. The van der Waals surface area contributed by atoms with Crippen LogP contribution in [0.2, 0.25) is 0 Å². The van der Waals surface area contributed by atoms with E-state index in [4.69, 9.17) is 4.98 Å². The number of aryl methyl sites for hydroxylation is 2. The Kier molecular flexibility index (Phi) is 6.36. The first-order chi connectivity index (χ1) is 15.7. The molecule has 0 spiro atoms. The summed E-state index contributed by atoms with van der Waals surface area (Å²) in [6.45, 7) is 7.72. The van der Waals surface area contributed by atoms with E-state index in [9.17, 15) is 13.2 Å². The lowest BCUT2D eigenvalue weighted by molar-refractivity contribution is 0.0985. The molecule has 0 atom stereocenters. The molecule has 33 heavy (non-hydrogen) atoms. The molecule has 5 nitrogen and oxygen atoms in total. The summed E-state index contributed by atoms with van der Waals surface area (Å²) in [6, 6.07) is 20.1. The molecule has 0 radical (unpaired) electrons. The lowest BCUT2D eigenvalue weighted by Gasteiger charge is -2.20. The number of fused-ring (bicyclic) bond motifs is 1. The molecule has 3 aromatic carbocycles. The average Bonchev–Trinajstić information content (AvgIpc) is 3.27. The van der Waals surface area contributed by atoms with Crippen molar-refractivity contribution in [3.05, 3.63) is 89.0 Å². The molecule has 0 aliphatic heterocycles. The number of rotatable bonds is 6. The van der Waals surface area contributed by atoms with Gasteiger partial charge in [-0.1, -0.05) is 53.8 Å². The summed E-state index contributed by atoms with van der Waals surface area (Å²) < 4.78 is 26.0. The highest BCUT2D eigenvalue weighted by Gasteiger charge is 2.24. The second-order valence-corrected chi connectivity index (χ2v) is 11.9. The summed E-state index contributed by atoms with van der Waals surface area (Å²) >= 11 is 1.50. The Labute approximate surface area is 198 Å². The second kappa shape index (κ2) is 9.08. The van der Waals surface area contributed by atoms with Gasteiger partial charge in [0.15, 0.2) is 15.0 Å². The number of anilines is 1. The first-order valence-electron chi connectivity index (χ1n) is 10.7. The summed E-state index contributed by atoms with van der Waals surface area (Å²) in [5.41, 5.74) is 4.49. The SMILES string of the molecule is Cc1ccc(C)c2sc(N(Cc3ccccc3)C(=O)c3ccc(S(=O)(=O)C(C)C)cc3)nc12. The standard InChI is InChI=1S/C26H26N2O3S2/c1-17(2)33(30,31)22-14-12-21(13-15-22)25(29)28(16-20-8-6-5-7-9-20)26-27-23-18(3)10-11-19(4)24(23)32-26/h5-15,17H,16H2,1-4H3. The predicted octanol–water partition coefficient (Wildman–Crippen LogP) is 5.94. The number of carbonyl (C=O) groups is 1. The largest absolute Gasteiger partial charge is 0.279 e. The van der Waals surface area contributed by atoms with Gasteiger partial charge in [0.05, 0.1) is 26.9 Å². The third kappa shape index (κ3) is 4.56. The molecule has 7 heteroatoms. The van der Waals surface area contributed by atoms with E-state index in [1.807, 2.05) is 50.2 Å². The molecule has 1 aromatic heterocycles. The minimum absolute atomic E-state index is 0.217. The van der Waals surface area contributed by atoms with Crippen molar-refractivity contribution >= 4 is 42.4 Å². The highest BCUT2D eigenvalue weighted by Crippen LogP contribution is 2.34. The van der Waals surface area contributed by atoms with Crippen LogP contribution in [0.3, 0.4) is 0 Å². The maximum Gasteiger partial charge on any atom is 0.260 e. The summed E-state index contributed by atoms with van der Waals surface area (Å²) in [6.07, 6.45) is 0. The van der Waals surface area contributed by atoms with Gasteiger partial charge in [-0.25, -0.2) is 13.4 Å². The van der Waals surface area contributed by atoms with Crippen LogP contribution < -0.4 is 4.90 Å². The van der Waals surface area contributed by atoms with Gasteiger partial charge in [-0.15, -0.1) is 0 Å². The Bertz CT molecular complexity index is 1370. The molecule has 0 fully saturated rings. The van der Waals surface area contributed by atoms with E-state index in [0.29, 0.717) is 17.2 Å². The van der Waals surface area contributed by atoms with E-state index in [-0.39, 0.29) is 10.8 Å². The maximum atomic E-state index is 13.6. The lowest BCUT2D eigenvalue weighted by Crippen LogP contribution is -2.30. The van der Waals surface area contributed by atoms with Crippen LogP contribution in [0.25, 0.3) is 10.2 Å². The smallest absolute Gasteiger partial charge is 0.260 e. The average molecular weight is 479 g/mol. The fourth-order valence-electron chi connectivity index (χ4n) is 3.57. The van der Waals surface area contributed by atoms with Gasteiger partial charge < -0.3 is 0 Å². The van der Waals surface area contributed by atoms with Gasteiger partial charge in [-0.05, 0) is 68.7 Å². The van der Waals surface area contributed by atoms with Crippen LogP contribution in [0, 0.1) is 13.8 Å². The zero-order valence-corrected chi connectivity index (χ0v) is 20.7. The van der Waals surface area contributed by atoms with Crippen LogP contribution in [-0.4, -0.2) is 24.6 Å². The molecule has 0 saturated heterocycles. The van der Waals surface area contributed by atoms with E-state index in [0.717, 1.165) is 26.9 Å². The fraction of sp³-hybridized carbons (Fsp3) is 0.231. The van der Waals surface area contributed by atoms with Crippen LogP contribution in [0.4, 0.5) is 5.13 Å². The Morgan fingerprint density at radius 1 is 0.939 bits per heavy atom. The first-order valence-corrected chi connectivity index (χ1v) is 13.1. The number of thiazole rings is 1. The monoisotopic (exact) mass is 478 g/mol. The zero-order chi connectivity index (χ0) is 23.8. The van der Waals surface area contributed by atoms with Crippen molar-refractivity contribution in [1.29, 1.82) is 0 Å². The Hall–Kier alpha value is -3.03. The highest BCUT2D eigenvalue weighted by molar-refractivity contribution is 7.92. The summed E-state index contributed by atoms with van der Waals surface area (Å²) in [5.74, 6) is -0.221. The van der Waals surface area contributed by atoms with Gasteiger partial charge in [0.25, 0.3) is 5.91 Å². The van der Waals surface area contributed by atoms with Gasteiger partial charge in [-0.2, -0.15) is 0 Å². The van der Waals surface area contributed by atoms with Crippen LogP contribution in [0.1, 0.15) is 40.9 Å². The fourth-order valence-corrected chi connectivity index (χ4v) is 5.74. The molecule has 0 aliphatic carbocycles. The quantitative estimate of drug-likeness (QED) is 0.344. The van der Waals surface area contributed by atoms with Crippen LogP contribution in [0.5, 0.6) is 0 Å². The summed E-state index contributed by atoms with van der Waals surface area (Å²) in [4.78, 5) is 20.3. The van der Waals surface area contributed by atoms with Crippen LogP contribution in [-0.2, 0) is 16.4 Å². The van der Waals surface area contributed by atoms with E-state index in [1.165, 1.54) is 23.5 Å². The lowest BCUT2D eigenvalue weighted by atomic mass is 10.1. The number of hydrogen-bond acceptors (Lipinski definition) is 5. The predicted molar refractivity (Wildman–Crippen MR) is 135 cm³/mol. The van der Waals surface area contributed by atoms with Crippen molar-refractivity contribution in [3.8, 4) is 0 Å². The number of sulfone groups is 1. The van der Waals surface area contributed by atoms with Gasteiger partial charge >= 0.3 is 0 Å². The molecule has 1 heterocycles. The van der Waals surface area contributed by atoms with Gasteiger partial charge in [0.1, 0.15) is 0 Å². The van der Waals surface area contributed by atoms with E-state index >= 15 is 0 Å². The number of carbonyl (C=O) groups excluding carboxylic acids is 1. The topological polar surface area (TPSA) is 67.3 Å². The third-order valence-corrected chi connectivity index (χ3v) is 9.02. The zero-order valence-electron chi connectivity index (χ0n) is 19.1. The first kappa shape index (κ1) is 23.1. The Morgan fingerprint density at radius 2 is 1.58 bits per heavy atom. The number of nitrogens with zero attached hydrogens (tertiary/aromatic N) is 2. The van der Waals surface area contributed by atoms with E-state index < -0.39 is 15.1 Å². The number of benzene rings is 3. The molecular weight excluding hydrogens is 452 g/mol. The second-order valence-electron chi connectivity index (χ2n) is 8.37. The Morgan fingerprint density at radius 3 is 2.18 bits per heavy atom. The van der Waals surface area contributed by atoms with E-state index in [2.05, 4.69) is 6.07 Å². The molecule has 1 amide bonds. The Balaban J connectivity index is 1.76. The van der Waals surface area contributed by atoms with Gasteiger partial charge in [0.2, 0.25) is 0 Å². The van der Waals surface area contributed by atoms with Crippen molar-refractivity contribution in [3.63, 3.8) is 0 Å². The van der Waals surface area contributed by atoms with Crippen LogP contribution in [0.15, 0.2) is 71.6 Å². The maximum absolute atomic E-state index is 13.6. The molecule has 4 aromatic rings. The van der Waals surface area contributed by atoms with E-state index in [1.54, 1.807) is 30.9 Å². The number of amides is 1. The van der Waals surface area contributed by atoms with Gasteiger partial charge in [-0.3, -0.25) is 9.69 Å². The van der Waals surface area contributed by atoms with Gasteiger partial charge in [0, 0.05) is 5.56 Å². The highest BCUT2D eigenvalue weighted by atomic mass is 32.2.